The lowest BCUT2D eigenvalue weighted by Gasteiger charge is -2.11. The molecule has 2 N–H and O–H groups in total. The first kappa shape index (κ1) is 13.9. The van der Waals surface area contributed by atoms with Gasteiger partial charge in [0.1, 0.15) is 5.75 Å². The van der Waals surface area contributed by atoms with Crippen LogP contribution in [-0.4, -0.2) is 13.5 Å². The van der Waals surface area contributed by atoms with Crippen molar-refractivity contribution < 1.29 is 13.5 Å². The highest BCUT2D eigenvalue weighted by molar-refractivity contribution is 9.10. The Labute approximate surface area is 120 Å². The van der Waals surface area contributed by atoms with Gasteiger partial charge in [-0.15, -0.1) is 0 Å². The van der Waals surface area contributed by atoms with Crippen molar-refractivity contribution in [3.05, 3.63) is 52.5 Å². The summed E-state index contributed by atoms with van der Waals surface area (Å²) in [5, 5.41) is 9.34. The Hall–Kier alpha value is -1.53. The van der Waals surface area contributed by atoms with Crippen molar-refractivity contribution in [3.63, 3.8) is 0 Å². The SMILES string of the molecule is Cc1c(Br)cccc1NS(=O)(=O)c1cccc(O)c1. The molecule has 0 unspecified atom stereocenters. The molecule has 2 rings (SSSR count). The number of halogens is 1. The predicted molar refractivity (Wildman–Crippen MR) is 77.8 cm³/mol. The minimum atomic E-state index is -3.71. The molecule has 0 aliphatic rings. The smallest absolute Gasteiger partial charge is 0.262 e. The third-order valence-corrected chi connectivity index (χ3v) is 4.86. The van der Waals surface area contributed by atoms with Gasteiger partial charge < -0.3 is 5.11 Å². The highest BCUT2D eigenvalue weighted by Gasteiger charge is 2.16. The van der Waals surface area contributed by atoms with Crippen molar-refractivity contribution in [2.75, 3.05) is 4.72 Å². The Morgan fingerprint density at radius 2 is 1.84 bits per heavy atom. The number of aromatic hydroxyl groups is 1. The molecule has 0 fully saturated rings. The molecule has 0 radical (unpaired) electrons. The van der Waals surface area contributed by atoms with Crippen LogP contribution in [0.2, 0.25) is 0 Å². The van der Waals surface area contributed by atoms with Crippen molar-refractivity contribution in [2.45, 2.75) is 11.8 Å². The summed E-state index contributed by atoms with van der Waals surface area (Å²) in [6.45, 7) is 1.81. The highest BCUT2D eigenvalue weighted by Crippen LogP contribution is 2.26. The Balaban J connectivity index is 2.39. The lowest BCUT2D eigenvalue weighted by atomic mass is 10.2. The quantitative estimate of drug-likeness (QED) is 0.900. The molecule has 19 heavy (non-hydrogen) atoms. The van der Waals surface area contributed by atoms with Gasteiger partial charge in [-0.2, -0.15) is 0 Å². The van der Waals surface area contributed by atoms with Gasteiger partial charge in [-0.25, -0.2) is 8.42 Å². The van der Waals surface area contributed by atoms with Gasteiger partial charge in [0, 0.05) is 10.5 Å². The first-order valence-corrected chi connectivity index (χ1v) is 7.75. The summed E-state index contributed by atoms with van der Waals surface area (Å²) in [4.78, 5) is 0.0203. The summed E-state index contributed by atoms with van der Waals surface area (Å²) in [6, 6.07) is 10.8. The zero-order valence-corrected chi connectivity index (χ0v) is 12.5. The molecule has 6 heteroatoms. The molecule has 0 aliphatic carbocycles. The summed E-state index contributed by atoms with van der Waals surface area (Å²) < 4.78 is 27.7. The number of anilines is 1. The number of phenolic OH excluding ortho intramolecular Hbond substituents is 1. The summed E-state index contributed by atoms with van der Waals surface area (Å²) in [5.41, 5.74) is 1.30. The number of hydrogen-bond acceptors (Lipinski definition) is 3. The number of rotatable bonds is 3. The lowest BCUT2D eigenvalue weighted by molar-refractivity contribution is 0.473. The maximum absolute atomic E-state index is 12.2. The molecule has 4 nitrogen and oxygen atoms in total. The van der Waals surface area contributed by atoms with E-state index in [1.807, 2.05) is 13.0 Å². The number of benzene rings is 2. The monoisotopic (exact) mass is 341 g/mol. The average molecular weight is 342 g/mol. The molecule has 0 aromatic heterocycles. The summed E-state index contributed by atoms with van der Waals surface area (Å²) in [7, 11) is -3.71. The maximum atomic E-state index is 12.2. The Kier molecular flexibility index (Phi) is 3.82. The van der Waals surface area contributed by atoms with Gasteiger partial charge in [-0.1, -0.05) is 28.1 Å². The molecule has 0 amide bonds. The van der Waals surface area contributed by atoms with Crippen molar-refractivity contribution in [3.8, 4) is 5.75 Å². The summed E-state index contributed by atoms with van der Waals surface area (Å²) in [6.07, 6.45) is 0. The standard InChI is InChI=1S/C13H12BrNO3S/c1-9-12(14)6-3-7-13(9)15-19(17,18)11-5-2-4-10(16)8-11/h2-8,15-16H,1H3. The lowest BCUT2D eigenvalue weighted by Crippen LogP contribution is -2.13. The Bertz CT molecular complexity index is 714. The van der Waals surface area contributed by atoms with E-state index in [1.165, 1.54) is 24.3 Å². The van der Waals surface area contributed by atoms with Gasteiger partial charge in [-0.05, 0) is 36.8 Å². The van der Waals surface area contributed by atoms with E-state index in [1.54, 1.807) is 12.1 Å². The van der Waals surface area contributed by atoms with Gasteiger partial charge in [0.15, 0.2) is 0 Å². The van der Waals surface area contributed by atoms with E-state index in [0.717, 1.165) is 10.0 Å². The molecule has 0 atom stereocenters. The van der Waals surface area contributed by atoms with Crippen LogP contribution in [0.5, 0.6) is 5.75 Å². The van der Waals surface area contributed by atoms with E-state index in [0.29, 0.717) is 5.69 Å². The predicted octanol–water partition coefficient (Wildman–Crippen LogP) is 3.26. The number of hydrogen-bond donors (Lipinski definition) is 2. The fraction of sp³-hybridized carbons (Fsp3) is 0.0769. The van der Waals surface area contributed by atoms with Crippen molar-refractivity contribution in [1.82, 2.24) is 0 Å². The minimum Gasteiger partial charge on any atom is -0.508 e. The van der Waals surface area contributed by atoms with Crippen LogP contribution in [0.1, 0.15) is 5.56 Å². The highest BCUT2D eigenvalue weighted by atomic mass is 79.9. The van der Waals surface area contributed by atoms with Gasteiger partial charge in [0.25, 0.3) is 10.0 Å². The first-order chi connectivity index (χ1) is 8.90. The second-order valence-electron chi connectivity index (χ2n) is 4.02. The number of sulfonamides is 1. The van der Waals surface area contributed by atoms with Gasteiger partial charge in [0.2, 0.25) is 0 Å². The van der Waals surface area contributed by atoms with Crippen molar-refractivity contribution >= 4 is 31.6 Å². The average Bonchev–Trinajstić information content (AvgIpc) is 2.35. The second kappa shape index (κ2) is 5.22. The van der Waals surface area contributed by atoms with E-state index < -0.39 is 10.0 Å². The zero-order chi connectivity index (χ0) is 14.0. The Morgan fingerprint density at radius 3 is 2.53 bits per heavy atom. The molecule has 0 saturated carbocycles. The molecule has 2 aromatic rings. The van der Waals surface area contributed by atoms with Crippen molar-refractivity contribution in [2.24, 2.45) is 0 Å². The molecule has 100 valence electrons. The second-order valence-corrected chi connectivity index (χ2v) is 6.55. The summed E-state index contributed by atoms with van der Waals surface area (Å²) in [5.74, 6) is -0.0890. The van der Waals surface area contributed by atoms with Gasteiger partial charge >= 0.3 is 0 Å². The van der Waals surface area contributed by atoms with Crippen LogP contribution in [0.25, 0.3) is 0 Å². The van der Waals surface area contributed by atoms with E-state index in [9.17, 15) is 13.5 Å². The van der Waals surface area contributed by atoms with E-state index in [4.69, 9.17) is 0 Å². The van der Waals surface area contributed by atoms with Crippen LogP contribution in [0.3, 0.4) is 0 Å². The van der Waals surface area contributed by atoms with Crippen LogP contribution < -0.4 is 4.72 Å². The fourth-order valence-corrected chi connectivity index (χ4v) is 3.10. The van der Waals surface area contributed by atoms with Crippen LogP contribution in [-0.2, 0) is 10.0 Å². The maximum Gasteiger partial charge on any atom is 0.262 e. The largest absolute Gasteiger partial charge is 0.508 e. The molecule has 0 spiro atoms. The summed E-state index contributed by atoms with van der Waals surface area (Å²) >= 11 is 3.35. The van der Waals surface area contributed by atoms with E-state index in [-0.39, 0.29) is 10.6 Å². The van der Waals surface area contributed by atoms with Crippen LogP contribution in [0, 0.1) is 6.92 Å². The van der Waals surface area contributed by atoms with Gasteiger partial charge in [-0.3, -0.25) is 4.72 Å². The van der Waals surface area contributed by atoms with Crippen LogP contribution in [0.4, 0.5) is 5.69 Å². The first-order valence-electron chi connectivity index (χ1n) is 5.47. The topological polar surface area (TPSA) is 66.4 Å². The number of nitrogens with one attached hydrogen (secondary N) is 1. The molecule has 0 saturated heterocycles. The minimum absolute atomic E-state index is 0.0203. The van der Waals surface area contributed by atoms with Crippen molar-refractivity contribution in [1.29, 1.82) is 0 Å². The fourth-order valence-electron chi connectivity index (χ4n) is 1.57. The number of phenols is 1. The van der Waals surface area contributed by atoms with Crippen LogP contribution in [0.15, 0.2) is 51.8 Å². The van der Waals surface area contributed by atoms with Crippen LogP contribution >= 0.6 is 15.9 Å². The third-order valence-electron chi connectivity index (χ3n) is 2.64. The van der Waals surface area contributed by atoms with E-state index in [2.05, 4.69) is 20.7 Å². The Morgan fingerprint density at radius 1 is 1.16 bits per heavy atom. The zero-order valence-electron chi connectivity index (χ0n) is 10.1. The van der Waals surface area contributed by atoms with E-state index >= 15 is 0 Å². The molecule has 2 aromatic carbocycles. The van der Waals surface area contributed by atoms with Gasteiger partial charge in [0.05, 0.1) is 10.6 Å². The molecule has 0 aliphatic heterocycles. The molecular weight excluding hydrogens is 330 g/mol. The molecule has 0 bridgehead atoms. The third kappa shape index (κ3) is 3.08. The molecular formula is C13H12BrNO3S. The molecule has 0 heterocycles. The normalized spacial score (nSPS) is 11.3.